The molecule has 3 aromatic rings. The van der Waals surface area contributed by atoms with Crippen molar-refractivity contribution in [3.63, 3.8) is 0 Å². The Hall–Kier alpha value is -4.41. The lowest BCUT2D eigenvalue weighted by Gasteiger charge is -2.35. The van der Waals surface area contributed by atoms with Crippen LogP contribution in [-0.2, 0) is 6.54 Å². The number of anilines is 3. The Kier molecular flexibility index (Phi) is 7.24. The maximum Gasteiger partial charge on any atom is 0.321 e. The third-order valence-electron chi connectivity index (χ3n) is 5.44. The summed E-state index contributed by atoms with van der Waals surface area (Å²) in [6.45, 7) is 2.84. The van der Waals surface area contributed by atoms with Gasteiger partial charge < -0.3 is 25.4 Å². The number of nitrogens with zero attached hydrogens (tertiary/aromatic N) is 6. The van der Waals surface area contributed by atoms with Gasteiger partial charge in [-0.25, -0.2) is 9.78 Å². The lowest BCUT2D eigenvalue weighted by atomic mass is 10.2. The number of aliphatic imine (C=N–C) groups is 1. The molecule has 182 valence electrons. The van der Waals surface area contributed by atoms with Gasteiger partial charge in [0.2, 0.25) is 11.9 Å². The second-order valence-corrected chi connectivity index (χ2v) is 7.82. The normalized spacial score (nSPS) is 12.4. The number of nitrogens with one attached hydrogen (secondary N) is 1. The number of benzene rings is 1. The molecule has 2 amide bonds. The highest BCUT2D eigenvalue weighted by Crippen LogP contribution is 2.34. The van der Waals surface area contributed by atoms with E-state index in [4.69, 9.17) is 20.2 Å². The van der Waals surface area contributed by atoms with Crippen LogP contribution in [0, 0.1) is 0 Å². The van der Waals surface area contributed by atoms with Gasteiger partial charge in [-0.2, -0.15) is 9.98 Å². The molecule has 0 fully saturated rings. The molecular weight excluding hydrogens is 448 g/mol. The summed E-state index contributed by atoms with van der Waals surface area (Å²) >= 11 is 0. The molecule has 3 heterocycles. The number of primary amides is 1. The average Bonchev–Trinajstić information content (AvgIpc) is 2.88. The highest BCUT2D eigenvalue weighted by molar-refractivity contribution is 6.07. The minimum Gasteiger partial charge on any atom is -0.497 e. The fourth-order valence-electron chi connectivity index (χ4n) is 3.61. The number of urea groups is 1. The fraction of sp³-hybridized carbons (Fsp3) is 0.292. The van der Waals surface area contributed by atoms with Gasteiger partial charge in [0, 0.05) is 54.6 Å². The summed E-state index contributed by atoms with van der Waals surface area (Å²) in [6.07, 6.45) is 6.73. The molecule has 11 heteroatoms. The van der Waals surface area contributed by atoms with Gasteiger partial charge in [0.05, 0.1) is 26.5 Å². The largest absolute Gasteiger partial charge is 0.497 e. The van der Waals surface area contributed by atoms with Crippen LogP contribution >= 0.6 is 0 Å². The van der Waals surface area contributed by atoms with Crippen LogP contribution in [0.4, 0.5) is 27.9 Å². The molecule has 4 rings (SSSR count). The Labute approximate surface area is 203 Å². The van der Waals surface area contributed by atoms with Crippen LogP contribution < -0.4 is 25.4 Å². The summed E-state index contributed by atoms with van der Waals surface area (Å²) in [5.41, 5.74) is 8.11. The molecule has 0 saturated heterocycles. The molecule has 0 aliphatic carbocycles. The first kappa shape index (κ1) is 23.7. The Morgan fingerprint density at radius 3 is 2.51 bits per heavy atom. The molecular formula is C24H28N8O3. The molecule has 0 atom stereocenters. The highest BCUT2D eigenvalue weighted by Gasteiger charge is 2.30. The van der Waals surface area contributed by atoms with Crippen molar-refractivity contribution in [1.82, 2.24) is 19.9 Å². The zero-order valence-electron chi connectivity index (χ0n) is 19.9. The topological polar surface area (TPSA) is 131 Å². The predicted octanol–water partition coefficient (Wildman–Crippen LogP) is 3.82. The second kappa shape index (κ2) is 10.7. The van der Waals surface area contributed by atoms with E-state index < -0.39 is 6.03 Å². The van der Waals surface area contributed by atoms with Gasteiger partial charge in [0.25, 0.3) is 0 Å². The van der Waals surface area contributed by atoms with Gasteiger partial charge in [-0.05, 0) is 18.6 Å². The van der Waals surface area contributed by atoms with E-state index in [1.165, 1.54) is 4.90 Å². The van der Waals surface area contributed by atoms with Gasteiger partial charge in [-0.1, -0.05) is 13.3 Å². The van der Waals surface area contributed by atoms with E-state index in [0.717, 1.165) is 29.8 Å². The van der Waals surface area contributed by atoms with Gasteiger partial charge in [-0.15, -0.1) is 0 Å². The van der Waals surface area contributed by atoms with E-state index in [1.807, 2.05) is 36.1 Å². The third kappa shape index (κ3) is 5.40. The summed E-state index contributed by atoms with van der Waals surface area (Å²) in [5.74, 6) is 2.44. The Bertz CT molecular complexity index is 1200. The number of carbonyl (C=O) groups is 1. The Balaban J connectivity index is 1.78. The van der Waals surface area contributed by atoms with Gasteiger partial charge >= 0.3 is 6.03 Å². The maximum atomic E-state index is 12.5. The molecule has 11 nitrogen and oxygen atoms in total. The number of pyridine rings is 1. The summed E-state index contributed by atoms with van der Waals surface area (Å²) in [6, 6.07) is 8.51. The monoisotopic (exact) mass is 476 g/mol. The number of rotatable bonds is 8. The standard InChI is InChI=1S/C24H28N8O3/c1-4-5-10-31(22(25)33)24-30-21-16(14-27-23(29-21)28-17-6-8-26-9-7-17)15-32(24)18-11-19(34-2)13-20(12-18)35-3/h6-9,11-14H,4-5,10,15H2,1-3H3,(H2,25,33)(H,26,27,28,29). The first-order valence-corrected chi connectivity index (χ1v) is 11.2. The lowest BCUT2D eigenvalue weighted by molar-refractivity contribution is 0.228. The van der Waals surface area contributed by atoms with E-state index in [9.17, 15) is 4.79 Å². The van der Waals surface area contributed by atoms with Gasteiger partial charge in [-0.3, -0.25) is 9.88 Å². The van der Waals surface area contributed by atoms with Crippen LogP contribution in [0.15, 0.2) is 53.9 Å². The smallest absolute Gasteiger partial charge is 0.321 e. The number of hydrogen-bond acceptors (Lipinski definition) is 9. The van der Waals surface area contributed by atoms with Crippen molar-refractivity contribution in [2.75, 3.05) is 31.0 Å². The molecule has 0 saturated carbocycles. The van der Waals surface area contributed by atoms with Crippen LogP contribution in [0.5, 0.6) is 11.5 Å². The number of fused-ring (bicyclic) bond motifs is 1. The number of carbonyl (C=O) groups excluding carboxylic acids is 1. The van der Waals surface area contributed by atoms with Crippen molar-refractivity contribution in [3.8, 4) is 11.5 Å². The van der Waals surface area contributed by atoms with Crippen molar-refractivity contribution in [1.29, 1.82) is 0 Å². The van der Waals surface area contributed by atoms with Crippen LogP contribution in [0.3, 0.4) is 0 Å². The average molecular weight is 477 g/mol. The molecule has 0 radical (unpaired) electrons. The summed E-state index contributed by atoms with van der Waals surface area (Å²) in [7, 11) is 3.17. The van der Waals surface area contributed by atoms with Crippen molar-refractivity contribution in [2.24, 2.45) is 10.7 Å². The predicted molar refractivity (Wildman–Crippen MR) is 134 cm³/mol. The number of guanidine groups is 1. The molecule has 1 aliphatic heterocycles. The number of ether oxygens (including phenoxy) is 2. The summed E-state index contributed by atoms with van der Waals surface area (Å²) in [5, 5.41) is 3.14. The second-order valence-electron chi connectivity index (χ2n) is 7.82. The summed E-state index contributed by atoms with van der Waals surface area (Å²) < 4.78 is 10.9. The molecule has 0 unspecified atom stereocenters. The van der Waals surface area contributed by atoms with Crippen molar-refractivity contribution >= 4 is 35.1 Å². The molecule has 1 aliphatic rings. The Morgan fingerprint density at radius 2 is 1.89 bits per heavy atom. The van der Waals surface area contributed by atoms with Crippen molar-refractivity contribution < 1.29 is 14.3 Å². The van der Waals surface area contributed by atoms with Crippen LogP contribution in [0.1, 0.15) is 25.3 Å². The zero-order valence-corrected chi connectivity index (χ0v) is 19.9. The van der Waals surface area contributed by atoms with Crippen LogP contribution in [0.2, 0.25) is 0 Å². The molecule has 0 bridgehead atoms. The fourth-order valence-corrected chi connectivity index (χ4v) is 3.61. The van der Waals surface area contributed by atoms with E-state index >= 15 is 0 Å². The van der Waals surface area contributed by atoms with Crippen LogP contribution in [-0.4, -0.2) is 52.6 Å². The molecule has 35 heavy (non-hydrogen) atoms. The third-order valence-corrected chi connectivity index (χ3v) is 5.44. The number of methoxy groups -OCH3 is 2. The highest BCUT2D eigenvalue weighted by atomic mass is 16.5. The SMILES string of the molecule is CCCCN(C(N)=O)C1=Nc2nc(Nc3ccncc3)ncc2CN1c1cc(OC)cc(OC)c1. The quantitative estimate of drug-likeness (QED) is 0.502. The summed E-state index contributed by atoms with van der Waals surface area (Å²) in [4.78, 5) is 33.7. The number of amides is 2. The van der Waals surface area contributed by atoms with E-state index in [-0.39, 0.29) is 0 Å². The number of unbranched alkanes of at least 4 members (excludes halogenated alkanes) is 1. The first-order chi connectivity index (χ1) is 17.0. The minimum absolute atomic E-state index is 0.371. The number of aromatic nitrogens is 3. The zero-order chi connectivity index (χ0) is 24.8. The van der Waals surface area contributed by atoms with Crippen LogP contribution in [0.25, 0.3) is 0 Å². The van der Waals surface area contributed by atoms with Crippen molar-refractivity contribution in [3.05, 3.63) is 54.5 Å². The van der Waals surface area contributed by atoms with E-state index in [1.54, 1.807) is 38.9 Å². The lowest BCUT2D eigenvalue weighted by Crippen LogP contribution is -2.50. The first-order valence-electron chi connectivity index (χ1n) is 11.2. The Morgan fingerprint density at radius 1 is 1.17 bits per heavy atom. The van der Waals surface area contributed by atoms with Gasteiger partial charge in [0.15, 0.2) is 5.82 Å². The number of nitrogens with two attached hydrogens (primary N) is 1. The molecule has 3 N–H and O–H groups in total. The minimum atomic E-state index is -0.593. The maximum absolute atomic E-state index is 12.5. The van der Waals surface area contributed by atoms with Gasteiger partial charge in [0.1, 0.15) is 11.5 Å². The molecule has 1 aromatic carbocycles. The molecule has 0 spiro atoms. The van der Waals surface area contributed by atoms with Crippen molar-refractivity contribution in [2.45, 2.75) is 26.3 Å². The number of hydrogen-bond donors (Lipinski definition) is 2. The molecule has 2 aromatic heterocycles. The van der Waals surface area contributed by atoms with E-state index in [2.05, 4.69) is 20.3 Å². The van der Waals surface area contributed by atoms with E-state index in [0.29, 0.717) is 42.3 Å².